The van der Waals surface area contributed by atoms with Crippen molar-refractivity contribution in [3.8, 4) is 11.5 Å². The van der Waals surface area contributed by atoms with Gasteiger partial charge in [-0.15, -0.1) is 11.3 Å². The van der Waals surface area contributed by atoms with Gasteiger partial charge < -0.3 is 19.3 Å². The summed E-state index contributed by atoms with van der Waals surface area (Å²) >= 11 is 1.48. The zero-order valence-electron chi connectivity index (χ0n) is 18.4. The van der Waals surface area contributed by atoms with Gasteiger partial charge in [0.25, 0.3) is 5.91 Å². The van der Waals surface area contributed by atoms with Gasteiger partial charge in [-0.1, -0.05) is 0 Å². The molecule has 0 saturated carbocycles. The fourth-order valence-electron chi connectivity index (χ4n) is 3.65. The number of carbonyl (C=O) groups is 1. The standard InChI is InChI=1S/C23H23F3N4O3S/c1-32-20-11-16(3-5-19(20)33-13-18-14-34-15-28-18)22(31)30-8-2-7-29(9-10-30)21-6-4-17(12-27-21)23(24,25)26/h3-6,11-12,14-15H,2,7-10,13H2,1H3. The molecule has 1 saturated heterocycles. The molecule has 1 aromatic carbocycles. The van der Waals surface area contributed by atoms with Crippen molar-refractivity contribution in [3.63, 3.8) is 0 Å². The Hall–Kier alpha value is -3.34. The van der Waals surface area contributed by atoms with Crippen LogP contribution in [0.2, 0.25) is 0 Å². The fraction of sp³-hybridized carbons (Fsp3) is 0.348. The average Bonchev–Trinajstić information content (AvgIpc) is 3.24. The van der Waals surface area contributed by atoms with E-state index >= 15 is 0 Å². The highest BCUT2D eigenvalue weighted by atomic mass is 32.1. The molecule has 11 heteroatoms. The summed E-state index contributed by atoms with van der Waals surface area (Å²) in [5.74, 6) is 1.28. The van der Waals surface area contributed by atoms with Gasteiger partial charge in [-0.2, -0.15) is 13.2 Å². The van der Waals surface area contributed by atoms with Crippen molar-refractivity contribution in [1.29, 1.82) is 0 Å². The Morgan fingerprint density at radius 3 is 2.62 bits per heavy atom. The van der Waals surface area contributed by atoms with E-state index in [0.717, 1.165) is 18.0 Å². The van der Waals surface area contributed by atoms with Gasteiger partial charge in [-0.05, 0) is 36.8 Å². The van der Waals surface area contributed by atoms with E-state index in [9.17, 15) is 18.0 Å². The van der Waals surface area contributed by atoms with Crippen LogP contribution in [0.1, 0.15) is 28.0 Å². The van der Waals surface area contributed by atoms with Gasteiger partial charge >= 0.3 is 6.18 Å². The number of rotatable bonds is 6. The van der Waals surface area contributed by atoms with Crippen LogP contribution in [0.5, 0.6) is 11.5 Å². The first-order chi connectivity index (χ1) is 16.3. The Morgan fingerprint density at radius 1 is 1.09 bits per heavy atom. The van der Waals surface area contributed by atoms with Crippen LogP contribution in [-0.4, -0.2) is 54.1 Å². The summed E-state index contributed by atoms with van der Waals surface area (Å²) in [6.07, 6.45) is -2.91. The molecule has 0 unspecified atom stereocenters. The molecule has 0 atom stereocenters. The second-order valence-electron chi connectivity index (χ2n) is 7.67. The van der Waals surface area contributed by atoms with E-state index in [0.29, 0.717) is 62.1 Å². The Morgan fingerprint density at radius 2 is 1.94 bits per heavy atom. The molecule has 0 bridgehead atoms. The molecule has 0 radical (unpaired) electrons. The molecule has 180 valence electrons. The lowest BCUT2D eigenvalue weighted by Gasteiger charge is -2.23. The molecule has 2 aromatic heterocycles. The molecule has 7 nitrogen and oxygen atoms in total. The van der Waals surface area contributed by atoms with E-state index in [4.69, 9.17) is 9.47 Å². The summed E-state index contributed by atoms with van der Waals surface area (Å²) in [5.41, 5.74) is 2.23. The molecule has 1 aliphatic rings. The summed E-state index contributed by atoms with van der Waals surface area (Å²) in [7, 11) is 1.51. The number of anilines is 1. The summed E-state index contributed by atoms with van der Waals surface area (Å²) in [4.78, 5) is 24.9. The molecular formula is C23H23F3N4O3S. The Bertz CT molecular complexity index is 1110. The highest BCUT2D eigenvalue weighted by Gasteiger charge is 2.31. The van der Waals surface area contributed by atoms with Crippen molar-refractivity contribution in [3.05, 3.63) is 64.2 Å². The van der Waals surface area contributed by atoms with Crippen molar-refractivity contribution in [2.75, 3.05) is 38.2 Å². The number of ether oxygens (including phenoxy) is 2. The quantitative estimate of drug-likeness (QED) is 0.505. The van der Waals surface area contributed by atoms with Crippen LogP contribution in [0.3, 0.4) is 0 Å². The zero-order valence-corrected chi connectivity index (χ0v) is 19.2. The summed E-state index contributed by atoms with van der Waals surface area (Å²) in [5, 5.41) is 1.90. The van der Waals surface area contributed by atoms with Crippen LogP contribution in [0.25, 0.3) is 0 Å². The largest absolute Gasteiger partial charge is 0.493 e. The maximum atomic E-state index is 13.1. The number of hydrogen-bond donors (Lipinski definition) is 0. The van der Waals surface area contributed by atoms with E-state index in [1.807, 2.05) is 10.3 Å². The number of methoxy groups -OCH3 is 1. The number of benzene rings is 1. The van der Waals surface area contributed by atoms with Gasteiger partial charge in [0.1, 0.15) is 12.4 Å². The van der Waals surface area contributed by atoms with Crippen LogP contribution < -0.4 is 14.4 Å². The monoisotopic (exact) mass is 492 g/mol. The number of halogens is 3. The zero-order chi connectivity index (χ0) is 24.1. The molecular weight excluding hydrogens is 469 g/mol. The molecule has 3 aromatic rings. The second-order valence-corrected chi connectivity index (χ2v) is 8.39. The van der Waals surface area contributed by atoms with Gasteiger partial charge in [0.05, 0.1) is 23.9 Å². The number of alkyl halides is 3. The van der Waals surface area contributed by atoms with Crippen LogP contribution in [0, 0.1) is 0 Å². The van der Waals surface area contributed by atoms with E-state index in [2.05, 4.69) is 9.97 Å². The Kier molecular flexibility index (Phi) is 7.20. The third-order valence-electron chi connectivity index (χ3n) is 5.45. The minimum Gasteiger partial charge on any atom is -0.493 e. The van der Waals surface area contributed by atoms with Crippen LogP contribution in [0.4, 0.5) is 19.0 Å². The first-order valence-corrected chi connectivity index (χ1v) is 11.5. The summed E-state index contributed by atoms with van der Waals surface area (Å²) in [6, 6.07) is 7.45. The van der Waals surface area contributed by atoms with E-state index in [1.165, 1.54) is 24.5 Å². The average molecular weight is 493 g/mol. The van der Waals surface area contributed by atoms with Crippen LogP contribution in [-0.2, 0) is 12.8 Å². The van der Waals surface area contributed by atoms with Gasteiger partial charge in [0.15, 0.2) is 11.5 Å². The molecule has 34 heavy (non-hydrogen) atoms. The molecule has 1 amide bonds. The van der Waals surface area contributed by atoms with Gasteiger partial charge in [0.2, 0.25) is 0 Å². The SMILES string of the molecule is COc1cc(C(=O)N2CCCN(c3ccc(C(F)(F)F)cn3)CC2)ccc1OCc1cscn1. The normalized spacial score (nSPS) is 14.6. The lowest BCUT2D eigenvalue weighted by molar-refractivity contribution is -0.137. The minimum absolute atomic E-state index is 0.147. The first kappa shape index (κ1) is 23.8. The smallest absolute Gasteiger partial charge is 0.417 e. The number of thiazole rings is 1. The number of carbonyl (C=O) groups excluding carboxylic acids is 1. The van der Waals surface area contributed by atoms with Gasteiger partial charge in [-0.3, -0.25) is 4.79 Å². The van der Waals surface area contributed by atoms with Crippen LogP contribution in [0.15, 0.2) is 47.4 Å². The van der Waals surface area contributed by atoms with Crippen molar-refractivity contribution < 1.29 is 27.4 Å². The number of hydrogen-bond acceptors (Lipinski definition) is 7. The lowest BCUT2D eigenvalue weighted by atomic mass is 10.1. The maximum absolute atomic E-state index is 13.1. The van der Waals surface area contributed by atoms with Crippen LogP contribution >= 0.6 is 11.3 Å². The first-order valence-electron chi connectivity index (χ1n) is 10.6. The highest BCUT2D eigenvalue weighted by Crippen LogP contribution is 2.31. The molecule has 3 heterocycles. The third kappa shape index (κ3) is 5.58. The number of aromatic nitrogens is 2. The topological polar surface area (TPSA) is 67.8 Å². The highest BCUT2D eigenvalue weighted by molar-refractivity contribution is 7.07. The second kappa shape index (κ2) is 10.3. The molecule has 0 spiro atoms. The number of pyridine rings is 1. The summed E-state index contributed by atoms with van der Waals surface area (Å²) in [6.45, 7) is 2.31. The van der Waals surface area contributed by atoms with E-state index in [-0.39, 0.29) is 5.91 Å². The van der Waals surface area contributed by atoms with Crippen molar-refractivity contribution in [2.24, 2.45) is 0 Å². The Balaban J connectivity index is 1.40. The van der Waals surface area contributed by atoms with Crippen molar-refractivity contribution >= 4 is 23.1 Å². The number of amides is 1. The maximum Gasteiger partial charge on any atom is 0.417 e. The predicted molar refractivity (Wildman–Crippen MR) is 121 cm³/mol. The summed E-state index contributed by atoms with van der Waals surface area (Å²) < 4.78 is 49.6. The molecule has 0 aliphatic carbocycles. The van der Waals surface area contributed by atoms with Gasteiger partial charge in [0, 0.05) is 43.3 Å². The molecule has 4 rings (SSSR count). The fourth-order valence-corrected chi connectivity index (χ4v) is 4.20. The van der Waals surface area contributed by atoms with Gasteiger partial charge in [-0.25, -0.2) is 9.97 Å². The number of nitrogens with zero attached hydrogens (tertiary/aromatic N) is 4. The van der Waals surface area contributed by atoms with Crippen molar-refractivity contribution in [2.45, 2.75) is 19.2 Å². The third-order valence-corrected chi connectivity index (χ3v) is 6.09. The molecule has 1 aliphatic heterocycles. The van der Waals surface area contributed by atoms with E-state index < -0.39 is 11.7 Å². The minimum atomic E-state index is -4.42. The van der Waals surface area contributed by atoms with Crippen molar-refractivity contribution in [1.82, 2.24) is 14.9 Å². The predicted octanol–water partition coefficient (Wildman–Crippen LogP) is 4.50. The van der Waals surface area contributed by atoms with E-state index in [1.54, 1.807) is 28.6 Å². The Labute approximate surface area is 198 Å². The lowest BCUT2D eigenvalue weighted by Crippen LogP contribution is -2.35. The molecule has 1 fully saturated rings. The molecule has 0 N–H and O–H groups in total.